The zero-order chi connectivity index (χ0) is 12.9. The van der Waals surface area contributed by atoms with E-state index in [1.807, 2.05) is 18.2 Å². The van der Waals surface area contributed by atoms with E-state index in [-0.39, 0.29) is 12.0 Å². The topological polar surface area (TPSA) is 55.8 Å². The van der Waals surface area contributed by atoms with Gasteiger partial charge >= 0.3 is 5.97 Å². The monoisotopic (exact) mass is 246 g/mol. The van der Waals surface area contributed by atoms with E-state index in [0.717, 1.165) is 17.7 Å². The lowest BCUT2D eigenvalue weighted by atomic mass is 9.94. The highest BCUT2D eigenvalue weighted by atomic mass is 16.6. The highest BCUT2D eigenvalue weighted by Gasteiger charge is 2.43. The summed E-state index contributed by atoms with van der Waals surface area (Å²) in [7, 11) is 0. The highest BCUT2D eigenvalue weighted by molar-refractivity contribution is 5.90. The van der Waals surface area contributed by atoms with Crippen molar-refractivity contribution < 1.29 is 19.4 Å². The summed E-state index contributed by atoms with van der Waals surface area (Å²) in [4.78, 5) is 11.8. The van der Waals surface area contributed by atoms with Crippen molar-refractivity contribution in [3.05, 3.63) is 41.5 Å². The number of rotatable bonds is 3. The number of aliphatic hydroxyl groups excluding tert-OH is 1. The molecule has 0 bridgehead atoms. The minimum Gasteiger partial charge on any atom is -0.485 e. The molecule has 94 valence electrons. The zero-order valence-electron chi connectivity index (χ0n) is 10.1. The Morgan fingerprint density at radius 1 is 1.61 bits per heavy atom. The van der Waals surface area contributed by atoms with Crippen molar-refractivity contribution in [1.29, 1.82) is 0 Å². The standard InChI is InChI=1S/C14H14O4/c1-7(14(16)17-8(2)15)10-6-12-13-9(10)4-3-5-11(13)18-12/h3-5,8,10,12,15H,1,6H2,2H3. The van der Waals surface area contributed by atoms with Gasteiger partial charge in [-0.1, -0.05) is 18.7 Å². The summed E-state index contributed by atoms with van der Waals surface area (Å²) in [5.74, 6) is 0.282. The third-order valence-electron chi connectivity index (χ3n) is 3.48. The van der Waals surface area contributed by atoms with Gasteiger partial charge in [-0.05, 0) is 25.0 Å². The molecule has 0 saturated carbocycles. The van der Waals surface area contributed by atoms with Crippen LogP contribution in [0.5, 0.6) is 5.75 Å². The number of ether oxygens (including phenoxy) is 2. The van der Waals surface area contributed by atoms with Crippen LogP contribution < -0.4 is 4.74 Å². The SMILES string of the molecule is C=C(C(=O)OC(C)O)C1CC2Oc3cccc1c32. The smallest absolute Gasteiger partial charge is 0.336 e. The Morgan fingerprint density at radius 2 is 2.39 bits per heavy atom. The second-order valence-electron chi connectivity index (χ2n) is 4.68. The van der Waals surface area contributed by atoms with Gasteiger partial charge in [0.05, 0.1) is 0 Å². The second-order valence-corrected chi connectivity index (χ2v) is 4.68. The third-order valence-corrected chi connectivity index (χ3v) is 3.48. The van der Waals surface area contributed by atoms with Gasteiger partial charge in [0.15, 0.2) is 6.29 Å². The van der Waals surface area contributed by atoms with Crippen LogP contribution in [0, 0.1) is 0 Å². The van der Waals surface area contributed by atoms with Gasteiger partial charge in [-0.2, -0.15) is 0 Å². The Labute approximate surface area is 105 Å². The van der Waals surface area contributed by atoms with Crippen LogP contribution in [0.3, 0.4) is 0 Å². The fourth-order valence-corrected chi connectivity index (χ4v) is 2.68. The largest absolute Gasteiger partial charge is 0.485 e. The number of hydrogen-bond acceptors (Lipinski definition) is 4. The first-order chi connectivity index (χ1) is 8.58. The van der Waals surface area contributed by atoms with Crippen LogP contribution in [-0.4, -0.2) is 17.4 Å². The molecule has 18 heavy (non-hydrogen) atoms. The molecular formula is C14H14O4. The average molecular weight is 246 g/mol. The van der Waals surface area contributed by atoms with E-state index in [1.165, 1.54) is 12.5 Å². The van der Waals surface area contributed by atoms with Gasteiger partial charge in [0.2, 0.25) is 0 Å². The van der Waals surface area contributed by atoms with Crippen molar-refractivity contribution in [3.8, 4) is 5.75 Å². The van der Waals surface area contributed by atoms with Crippen LogP contribution in [0.1, 0.15) is 36.5 Å². The summed E-state index contributed by atoms with van der Waals surface area (Å²) >= 11 is 0. The van der Waals surface area contributed by atoms with E-state index in [2.05, 4.69) is 6.58 Å². The van der Waals surface area contributed by atoms with Gasteiger partial charge in [0, 0.05) is 17.1 Å². The molecule has 1 aliphatic carbocycles. The molecule has 0 amide bonds. The van der Waals surface area contributed by atoms with Crippen molar-refractivity contribution >= 4 is 5.97 Å². The molecule has 4 heteroatoms. The first kappa shape index (κ1) is 11.3. The first-order valence-electron chi connectivity index (χ1n) is 5.95. The maximum absolute atomic E-state index is 11.8. The van der Waals surface area contributed by atoms with E-state index in [9.17, 15) is 4.79 Å². The van der Waals surface area contributed by atoms with Gasteiger partial charge < -0.3 is 14.6 Å². The summed E-state index contributed by atoms with van der Waals surface area (Å²) in [5, 5.41) is 9.06. The van der Waals surface area contributed by atoms with Crippen LogP contribution in [-0.2, 0) is 9.53 Å². The van der Waals surface area contributed by atoms with Crippen molar-refractivity contribution in [3.63, 3.8) is 0 Å². The van der Waals surface area contributed by atoms with E-state index < -0.39 is 12.3 Å². The Hall–Kier alpha value is -1.81. The van der Waals surface area contributed by atoms with Crippen molar-refractivity contribution in [2.24, 2.45) is 0 Å². The summed E-state index contributed by atoms with van der Waals surface area (Å²) in [6.07, 6.45) is -0.309. The van der Waals surface area contributed by atoms with Crippen LogP contribution in [0.15, 0.2) is 30.4 Å². The Morgan fingerprint density at radius 3 is 3.11 bits per heavy atom. The molecule has 2 aliphatic rings. The zero-order valence-corrected chi connectivity index (χ0v) is 10.1. The number of carbonyl (C=O) groups is 1. The fraction of sp³-hybridized carbons (Fsp3) is 0.357. The minimum absolute atomic E-state index is 0.0706. The lowest BCUT2D eigenvalue weighted by Crippen LogP contribution is -2.18. The molecule has 3 unspecified atom stereocenters. The van der Waals surface area contributed by atoms with E-state index in [0.29, 0.717) is 5.57 Å². The number of esters is 1. The van der Waals surface area contributed by atoms with Gasteiger partial charge in [-0.25, -0.2) is 4.79 Å². The molecule has 0 spiro atoms. The van der Waals surface area contributed by atoms with Gasteiger partial charge in [-0.15, -0.1) is 0 Å². The number of benzene rings is 1. The lowest BCUT2D eigenvalue weighted by molar-refractivity contribution is -0.160. The number of hydrogen-bond donors (Lipinski definition) is 1. The average Bonchev–Trinajstić information content (AvgIpc) is 2.62. The molecule has 1 N–H and O–H groups in total. The Bertz CT molecular complexity index is 533. The first-order valence-corrected chi connectivity index (χ1v) is 5.95. The normalized spacial score (nSPS) is 24.6. The Balaban J connectivity index is 1.84. The molecule has 0 fully saturated rings. The second kappa shape index (κ2) is 3.85. The van der Waals surface area contributed by atoms with Crippen LogP contribution in [0.4, 0.5) is 0 Å². The highest BCUT2D eigenvalue weighted by Crippen LogP contribution is 2.55. The molecular weight excluding hydrogens is 232 g/mol. The van der Waals surface area contributed by atoms with Crippen LogP contribution in [0.2, 0.25) is 0 Å². The molecule has 1 aliphatic heterocycles. The van der Waals surface area contributed by atoms with Crippen LogP contribution >= 0.6 is 0 Å². The van der Waals surface area contributed by atoms with Crippen LogP contribution in [0.25, 0.3) is 0 Å². The molecule has 4 nitrogen and oxygen atoms in total. The quantitative estimate of drug-likeness (QED) is 0.504. The molecule has 1 aromatic carbocycles. The Kier molecular flexibility index (Phi) is 2.41. The van der Waals surface area contributed by atoms with Gasteiger partial charge in [0.1, 0.15) is 11.9 Å². The maximum atomic E-state index is 11.8. The predicted octanol–water partition coefficient (Wildman–Crippen LogP) is 2.05. The third kappa shape index (κ3) is 1.53. The number of carbonyl (C=O) groups excluding carboxylic acids is 1. The van der Waals surface area contributed by atoms with E-state index in [1.54, 1.807) is 0 Å². The summed E-state index contributed by atoms with van der Waals surface area (Å²) in [6, 6.07) is 5.83. The molecule has 0 saturated heterocycles. The lowest BCUT2D eigenvalue weighted by Gasteiger charge is -2.27. The minimum atomic E-state index is -1.11. The molecule has 1 heterocycles. The fourth-order valence-electron chi connectivity index (χ4n) is 2.68. The summed E-state index contributed by atoms with van der Waals surface area (Å²) in [6.45, 7) is 5.20. The van der Waals surface area contributed by atoms with E-state index in [4.69, 9.17) is 14.6 Å². The van der Waals surface area contributed by atoms with Crippen molar-refractivity contribution in [2.75, 3.05) is 0 Å². The van der Waals surface area contributed by atoms with Gasteiger partial charge in [0.25, 0.3) is 0 Å². The molecule has 1 aromatic rings. The summed E-state index contributed by atoms with van der Waals surface area (Å²) < 4.78 is 10.4. The predicted molar refractivity (Wildman–Crippen MR) is 64.1 cm³/mol. The number of aliphatic hydroxyl groups is 1. The van der Waals surface area contributed by atoms with Crippen molar-refractivity contribution in [2.45, 2.75) is 31.7 Å². The molecule has 0 aromatic heterocycles. The molecule has 0 radical (unpaired) electrons. The molecule has 3 rings (SSSR count). The van der Waals surface area contributed by atoms with Crippen molar-refractivity contribution in [1.82, 2.24) is 0 Å². The van der Waals surface area contributed by atoms with Gasteiger partial charge in [-0.3, -0.25) is 0 Å². The maximum Gasteiger partial charge on any atom is 0.336 e. The molecule has 3 atom stereocenters. The summed E-state index contributed by atoms with van der Waals surface area (Å²) in [5.41, 5.74) is 2.66. The van der Waals surface area contributed by atoms with E-state index >= 15 is 0 Å².